The monoisotopic (exact) mass is 466 g/mol. The molecule has 7 nitrogen and oxygen atoms in total. The highest BCUT2D eigenvalue weighted by atomic mass is 32.2. The summed E-state index contributed by atoms with van der Waals surface area (Å²) in [5.41, 5.74) is 1.06. The molecule has 1 saturated heterocycles. The lowest BCUT2D eigenvalue weighted by atomic mass is 9.97. The van der Waals surface area contributed by atoms with Gasteiger partial charge in [-0.2, -0.15) is 13.1 Å². The standard InChI is InChI=1S/C22H24F2N2O5S/c1-30-19-8-7-18(15-20(19)31-22(23)24)25-21(27)17-9-12-26(13-10-17)32(28,29)14-11-16-5-3-2-4-6-16/h2-8,11,14-15,17,22H,9-10,12-13H2,1H3,(H,25,27)/b14-11+. The van der Waals surface area contributed by atoms with Gasteiger partial charge in [0.05, 0.1) is 7.11 Å². The van der Waals surface area contributed by atoms with Gasteiger partial charge in [-0.3, -0.25) is 4.79 Å². The van der Waals surface area contributed by atoms with Gasteiger partial charge in [0.2, 0.25) is 15.9 Å². The third-order valence-electron chi connectivity index (χ3n) is 5.06. The number of sulfonamides is 1. The Bertz CT molecular complexity index is 1050. The SMILES string of the molecule is COc1ccc(NC(=O)C2CCN(S(=O)(=O)/C=C/c3ccccc3)CC2)cc1OC(F)F. The maximum atomic E-state index is 12.6. The number of ether oxygens (including phenoxy) is 2. The summed E-state index contributed by atoms with van der Waals surface area (Å²) in [6, 6.07) is 13.3. The van der Waals surface area contributed by atoms with Crippen molar-refractivity contribution in [3.8, 4) is 11.5 Å². The third-order valence-corrected chi connectivity index (χ3v) is 6.63. The topological polar surface area (TPSA) is 84.9 Å². The normalized spacial score (nSPS) is 15.8. The van der Waals surface area contributed by atoms with Crippen LogP contribution in [0.15, 0.2) is 53.9 Å². The summed E-state index contributed by atoms with van der Waals surface area (Å²) >= 11 is 0. The van der Waals surface area contributed by atoms with Crippen LogP contribution in [0.2, 0.25) is 0 Å². The number of rotatable bonds is 8. The molecule has 1 aliphatic rings. The minimum absolute atomic E-state index is 0.116. The Balaban J connectivity index is 1.58. The van der Waals surface area contributed by atoms with E-state index in [1.165, 1.54) is 41.1 Å². The number of piperidine rings is 1. The van der Waals surface area contributed by atoms with Gasteiger partial charge in [-0.05, 0) is 36.6 Å². The van der Waals surface area contributed by atoms with Crippen LogP contribution in [-0.4, -0.2) is 45.4 Å². The summed E-state index contributed by atoms with van der Waals surface area (Å²) in [5, 5.41) is 3.85. The number of hydrogen-bond donors (Lipinski definition) is 1. The molecule has 0 spiro atoms. The number of hydrogen-bond acceptors (Lipinski definition) is 5. The maximum Gasteiger partial charge on any atom is 0.387 e. The van der Waals surface area contributed by atoms with Crippen molar-refractivity contribution in [2.75, 3.05) is 25.5 Å². The zero-order valence-corrected chi connectivity index (χ0v) is 18.2. The van der Waals surface area contributed by atoms with E-state index in [0.717, 1.165) is 5.56 Å². The second kappa shape index (κ2) is 10.6. The second-order valence-electron chi connectivity index (χ2n) is 7.17. The Morgan fingerprint density at radius 1 is 1.12 bits per heavy atom. The van der Waals surface area contributed by atoms with Gasteiger partial charge in [0.1, 0.15) is 0 Å². The fourth-order valence-corrected chi connectivity index (χ4v) is 4.60. The molecular formula is C22H24F2N2O5S. The first kappa shape index (κ1) is 23.7. The molecule has 10 heteroatoms. The largest absolute Gasteiger partial charge is 0.493 e. The van der Waals surface area contributed by atoms with Crippen LogP contribution in [0.4, 0.5) is 14.5 Å². The Labute approximate surface area is 185 Å². The predicted molar refractivity (Wildman–Crippen MR) is 117 cm³/mol. The molecule has 1 aliphatic heterocycles. The summed E-state index contributed by atoms with van der Waals surface area (Å²) in [6.45, 7) is -2.61. The molecule has 2 aromatic carbocycles. The van der Waals surface area contributed by atoms with Crippen molar-refractivity contribution in [1.29, 1.82) is 0 Å². The highest BCUT2D eigenvalue weighted by Crippen LogP contribution is 2.32. The minimum atomic E-state index is -3.59. The number of alkyl halides is 2. The zero-order valence-electron chi connectivity index (χ0n) is 17.4. The van der Waals surface area contributed by atoms with Crippen LogP contribution < -0.4 is 14.8 Å². The van der Waals surface area contributed by atoms with Gasteiger partial charge >= 0.3 is 6.61 Å². The second-order valence-corrected chi connectivity index (χ2v) is 8.98. The van der Waals surface area contributed by atoms with E-state index in [2.05, 4.69) is 10.1 Å². The molecule has 2 aromatic rings. The minimum Gasteiger partial charge on any atom is -0.493 e. The lowest BCUT2D eigenvalue weighted by Gasteiger charge is -2.29. The van der Waals surface area contributed by atoms with Crippen LogP contribution in [0.5, 0.6) is 11.5 Å². The lowest BCUT2D eigenvalue weighted by Crippen LogP contribution is -2.40. The Morgan fingerprint density at radius 2 is 1.81 bits per heavy atom. The molecule has 0 aromatic heterocycles. The molecule has 1 amide bonds. The highest BCUT2D eigenvalue weighted by molar-refractivity contribution is 7.92. The molecule has 1 heterocycles. The summed E-state index contributed by atoms with van der Waals surface area (Å²) in [5.74, 6) is -0.784. The first-order chi connectivity index (χ1) is 15.3. The smallest absolute Gasteiger partial charge is 0.387 e. The van der Waals surface area contributed by atoms with E-state index >= 15 is 0 Å². The van der Waals surface area contributed by atoms with E-state index in [-0.39, 0.29) is 36.2 Å². The molecule has 3 rings (SSSR count). The lowest BCUT2D eigenvalue weighted by molar-refractivity contribution is -0.120. The number of nitrogens with one attached hydrogen (secondary N) is 1. The van der Waals surface area contributed by atoms with E-state index in [4.69, 9.17) is 4.74 Å². The Hall–Kier alpha value is -2.98. The number of nitrogens with zero attached hydrogens (tertiary/aromatic N) is 1. The van der Waals surface area contributed by atoms with Crippen LogP contribution >= 0.6 is 0 Å². The van der Waals surface area contributed by atoms with E-state index in [1.807, 2.05) is 18.2 Å². The van der Waals surface area contributed by atoms with Crippen molar-refractivity contribution in [3.05, 3.63) is 59.5 Å². The van der Waals surface area contributed by atoms with Crippen molar-refractivity contribution in [2.45, 2.75) is 19.5 Å². The van der Waals surface area contributed by atoms with Crippen LogP contribution in [0.25, 0.3) is 6.08 Å². The molecule has 1 fully saturated rings. The van der Waals surface area contributed by atoms with Gasteiger partial charge in [-0.15, -0.1) is 0 Å². The summed E-state index contributed by atoms with van der Waals surface area (Å²) in [7, 11) is -2.27. The molecule has 0 unspecified atom stereocenters. The number of anilines is 1. The number of methoxy groups -OCH3 is 1. The van der Waals surface area contributed by atoms with Gasteiger partial charge in [-0.25, -0.2) is 8.42 Å². The third kappa shape index (κ3) is 6.27. The van der Waals surface area contributed by atoms with Gasteiger partial charge < -0.3 is 14.8 Å². The number of benzene rings is 2. The first-order valence-electron chi connectivity index (χ1n) is 9.95. The molecule has 0 aliphatic carbocycles. The number of carbonyl (C=O) groups is 1. The first-order valence-corrected chi connectivity index (χ1v) is 11.5. The van der Waals surface area contributed by atoms with E-state index in [1.54, 1.807) is 12.1 Å². The molecule has 0 bridgehead atoms. The predicted octanol–water partition coefficient (Wildman–Crippen LogP) is 3.95. The fraction of sp³-hybridized carbons (Fsp3) is 0.318. The molecule has 1 N–H and O–H groups in total. The van der Waals surface area contributed by atoms with Crippen LogP contribution in [0.3, 0.4) is 0 Å². The Morgan fingerprint density at radius 3 is 2.44 bits per heavy atom. The molecule has 0 atom stereocenters. The van der Waals surface area contributed by atoms with Crippen LogP contribution in [0.1, 0.15) is 18.4 Å². The highest BCUT2D eigenvalue weighted by Gasteiger charge is 2.30. The number of amides is 1. The molecule has 0 radical (unpaired) electrons. The number of carbonyl (C=O) groups excluding carboxylic acids is 1. The van der Waals surface area contributed by atoms with Gasteiger partial charge in [-0.1, -0.05) is 30.3 Å². The summed E-state index contributed by atoms with van der Waals surface area (Å²) < 4.78 is 61.0. The van der Waals surface area contributed by atoms with Gasteiger partial charge in [0.15, 0.2) is 11.5 Å². The van der Waals surface area contributed by atoms with Gasteiger partial charge in [0, 0.05) is 36.2 Å². The van der Waals surface area contributed by atoms with Crippen molar-refractivity contribution in [3.63, 3.8) is 0 Å². The maximum absolute atomic E-state index is 12.6. The molecular weight excluding hydrogens is 442 g/mol. The van der Waals surface area contributed by atoms with Crippen molar-refractivity contribution in [2.24, 2.45) is 5.92 Å². The zero-order chi connectivity index (χ0) is 23.1. The van der Waals surface area contributed by atoms with Crippen molar-refractivity contribution < 1.29 is 31.5 Å². The molecule has 32 heavy (non-hydrogen) atoms. The quantitative estimate of drug-likeness (QED) is 0.637. The molecule has 172 valence electrons. The van der Waals surface area contributed by atoms with E-state index in [9.17, 15) is 22.0 Å². The number of halogens is 2. The van der Waals surface area contributed by atoms with Crippen LogP contribution in [-0.2, 0) is 14.8 Å². The summed E-state index contributed by atoms with van der Waals surface area (Å²) in [4.78, 5) is 12.6. The fourth-order valence-electron chi connectivity index (χ4n) is 3.37. The molecule has 0 saturated carbocycles. The van der Waals surface area contributed by atoms with Gasteiger partial charge in [0.25, 0.3) is 0 Å². The van der Waals surface area contributed by atoms with Crippen molar-refractivity contribution >= 4 is 27.7 Å². The van der Waals surface area contributed by atoms with Crippen molar-refractivity contribution in [1.82, 2.24) is 4.31 Å². The van der Waals surface area contributed by atoms with E-state index < -0.39 is 22.6 Å². The van der Waals surface area contributed by atoms with E-state index in [0.29, 0.717) is 12.8 Å². The average Bonchev–Trinajstić information content (AvgIpc) is 2.78. The Kier molecular flexibility index (Phi) is 7.81. The summed E-state index contributed by atoms with van der Waals surface area (Å²) in [6.07, 6.45) is 2.23. The van der Waals surface area contributed by atoms with Crippen LogP contribution in [0, 0.1) is 5.92 Å². The average molecular weight is 467 g/mol.